The van der Waals surface area contributed by atoms with Gasteiger partial charge in [-0.15, -0.1) is 0 Å². The van der Waals surface area contributed by atoms with Crippen LogP contribution in [0.4, 0.5) is 0 Å². The van der Waals surface area contributed by atoms with E-state index in [1.165, 1.54) is 0 Å². The van der Waals surface area contributed by atoms with Crippen molar-refractivity contribution in [2.45, 2.75) is 13.3 Å². The lowest BCUT2D eigenvalue weighted by Gasteiger charge is -1.88. The third-order valence-corrected chi connectivity index (χ3v) is 1.36. The molecule has 0 radical (unpaired) electrons. The summed E-state index contributed by atoms with van der Waals surface area (Å²) in [4.78, 5) is 10.7. The van der Waals surface area contributed by atoms with Crippen molar-refractivity contribution in [3.63, 3.8) is 0 Å². The number of aliphatic hydroxyl groups is 1. The van der Waals surface area contributed by atoms with Gasteiger partial charge >= 0.3 is 5.63 Å². The number of aryl methyl sites for hydroxylation is 1. The normalized spacial score (nSPS) is 10.2. The highest BCUT2D eigenvalue weighted by Crippen LogP contribution is 1.97. The van der Waals surface area contributed by atoms with E-state index in [0.29, 0.717) is 17.7 Å². The monoisotopic (exact) mass is 143 g/mol. The van der Waals surface area contributed by atoms with E-state index in [4.69, 9.17) is 5.11 Å². The van der Waals surface area contributed by atoms with Crippen LogP contribution in [-0.2, 0) is 6.42 Å². The summed E-state index contributed by atoms with van der Waals surface area (Å²) in [7, 11) is 0. The first-order chi connectivity index (χ1) is 4.75. The van der Waals surface area contributed by atoms with E-state index in [1.807, 2.05) is 0 Å². The summed E-state index contributed by atoms with van der Waals surface area (Å²) in [6.45, 7) is 1.71. The minimum Gasteiger partial charge on any atom is -0.396 e. The molecule has 0 aliphatic heterocycles. The molecule has 0 amide bonds. The van der Waals surface area contributed by atoms with Gasteiger partial charge in [0.2, 0.25) is 0 Å². The topological polar surface area (TPSA) is 66.2 Å². The van der Waals surface area contributed by atoms with E-state index in [9.17, 15) is 4.79 Å². The van der Waals surface area contributed by atoms with Crippen LogP contribution in [0, 0.1) is 6.92 Å². The number of H-pyrrole nitrogens is 1. The van der Waals surface area contributed by atoms with Crippen molar-refractivity contribution in [3.8, 4) is 0 Å². The Morgan fingerprint density at radius 1 is 1.70 bits per heavy atom. The average molecular weight is 143 g/mol. The van der Waals surface area contributed by atoms with Gasteiger partial charge < -0.3 is 9.63 Å². The zero-order chi connectivity index (χ0) is 7.56. The van der Waals surface area contributed by atoms with Crippen molar-refractivity contribution < 1.29 is 9.63 Å². The molecule has 1 rings (SSSR count). The molecule has 4 heteroatoms. The fraction of sp³-hybridized carbons (Fsp3) is 0.500. The standard InChI is InChI=1S/C6H9NO3/c1-4-5(2-3-8)6(9)10-7-4/h7-8H,2-3H2,1H3. The minimum absolute atomic E-state index is 0.0244. The van der Waals surface area contributed by atoms with Crippen molar-refractivity contribution in [1.82, 2.24) is 5.16 Å². The molecule has 56 valence electrons. The van der Waals surface area contributed by atoms with Crippen LogP contribution < -0.4 is 5.63 Å². The Kier molecular flexibility index (Phi) is 1.91. The summed E-state index contributed by atoms with van der Waals surface area (Å²) in [5.41, 5.74) is 0.841. The quantitative estimate of drug-likeness (QED) is 0.603. The lowest BCUT2D eigenvalue weighted by Crippen LogP contribution is -2.04. The number of aliphatic hydroxyl groups excluding tert-OH is 1. The van der Waals surface area contributed by atoms with E-state index < -0.39 is 0 Å². The first-order valence-corrected chi connectivity index (χ1v) is 3.03. The van der Waals surface area contributed by atoms with Gasteiger partial charge in [0.05, 0.1) is 11.3 Å². The van der Waals surface area contributed by atoms with Gasteiger partial charge in [-0.3, -0.25) is 0 Å². The number of nitrogens with one attached hydrogen (secondary N) is 1. The zero-order valence-corrected chi connectivity index (χ0v) is 5.68. The number of aromatic amines is 1. The molecule has 1 aromatic heterocycles. The number of aromatic nitrogens is 1. The molecule has 0 saturated heterocycles. The molecule has 0 unspecified atom stereocenters. The van der Waals surface area contributed by atoms with Crippen LogP contribution in [0.25, 0.3) is 0 Å². The molecule has 0 saturated carbocycles. The van der Waals surface area contributed by atoms with Crippen LogP contribution in [-0.4, -0.2) is 16.9 Å². The number of hydrogen-bond donors (Lipinski definition) is 2. The van der Waals surface area contributed by atoms with Crippen molar-refractivity contribution in [3.05, 3.63) is 21.7 Å². The SMILES string of the molecule is Cc1[nH]oc(=O)c1CCO. The molecule has 0 atom stereocenters. The first-order valence-electron chi connectivity index (χ1n) is 3.03. The second-order valence-electron chi connectivity index (χ2n) is 2.07. The third kappa shape index (κ3) is 1.11. The van der Waals surface area contributed by atoms with Gasteiger partial charge in [0.25, 0.3) is 0 Å². The zero-order valence-electron chi connectivity index (χ0n) is 5.68. The molecular formula is C6H9NO3. The van der Waals surface area contributed by atoms with E-state index in [2.05, 4.69) is 9.68 Å². The van der Waals surface area contributed by atoms with Gasteiger partial charge in [-0.2, -0.15) is 0 Å². The number of rotatable bonds is 2. The van der Waals surface area contributed by atoms with Gasteiger partial charge in [-0.05, 0) is 6.92 Å². The summed E-state index contributed by atoms with van der Waals surface area (Å²) < 4.78 is 4.46. The molecule has 10 heavy (non-hydrogen) atoms. The fourth-order valence-electron chi connectivity index (χ4n) is 0.801. The maximum atomic E-state index is 10.7. The summed E-state index contributed by atoms with van der Waals surface area (Å²) in [6.07, 6.45) is 0.359. The molecule has 0 aliphatic carbocycles. The molecule has 4 nitrogen and oxygen atoms in total. The molecule has 1 aromatic rings. The Morgan fingerprint density at radius 2 is 2.40 bits per heavy atom. The van der Waals surface area contributed by atoms with Crippen molar-refractivity contribution in [2.75, 3.05) is 6.61 Å². The molecule has 0 aromatic carbocycles. The van der Waals surface area contributed by atoms with Gasteiger partial charge in [0.1, 0.15) is 0 Å². The van der Waals surface area contributed by atoms with E-state index in [0.717, 1.165) is 0 Å². The smallest absolute Gasteiger partial charge is 0.360 e. The maximum Gasteiger partial charge on any atom is 0.360 e. The van der Waals surface area contributed by atoms with E-state index in [-0.39, 0.29) is 12.2 Å². The van der Waals surface area contributed by atoms with Crippen LogP contribution in [0.2, 0.25) is 0 Å². The van der Waals surface area contributed by atoms with Crippen molar-refractivity contribution in [2.24, 2.45) is 0 Å². The van der Waals surface area contributed by atoms with E-state index in [1.54, 1.807) is 6.92 Å². The maximum absolute atomic E-state index is 10.7. The Bertz CT molecular complexity index is 260. The third-order valence-electron chi connectivity index (χ3n) is 1.36. The Morgan fingerprint density at radius 3 is 2.80 bits per heavy atom. The van der Waals surface area contributed by atoms with Crippen LogP contribution in [0.3, 0.4) is 0 Å². The number of hydrogen-bond acceptors (Lipinski definition) is 3. The largest absolute Gasteiger partial charge is 0.396 e. The highest BCUT2D eigenvalue weighted by Gasteiger charge is 2.05. The minimum atomic E-state index is -0.383. The summed E-state index contributed by atoms with van der Waals surface area (Å²) in [6, 6.07) is 0. The summed E-state index contributed by atoms with van der Waals surface area (Å²) >= 11 is 0. The van der Waals surface area contributed by atoms with Crippen LogP contribution in [0.1, 0.15) is 11.3 Å². The molecular weight excluding hydrogens is 134 g/mol. The highest BCUT2D eigenvalue weighted by atomic mass is 16.5. The Labute approximate surface area is 57.4 Å². The highest BCUT2D eigenvalue weighted by molar-refractivity contribution is 5.12. The van der Waals surface area contributed by atoms with E-state index >= 15 is 0 Å². The molecule has 0 fully saturated rings. The van der Waals surface area contributed by atoms with Crippen LogP contribution in [0.5, 0.6) is 0 Å². The molecule has 0 spiro atoms. The Hall–Kier alpha value is -1.03. The van der Waals surface area contributed by atoms with Gasteiger partial charge in [-0.1, -0.05) is 0 Å². The molecule has 0 aliphatic rings. The molecule has 0 bridgehead atoms. The van der Waals surface area contributed by atoms with Crippen LogP contribution >= 0.6 is 0 Å². The second kappa shape index (κ2) is 2.70. The van der Waals surface area contributed by atoms with Gasteiger partial charge in [0, 0.05) is 13.0 Å². The first kappa shape index (κ1) is 7.08. The lowest BCUT2D eigenvalue weighted by atomic mass is 10.2. The summed E-state index contributed by atoms with van der Waals surface area (Å²) in [5.74, 6) is 0. The molecule has 2 N–H and O–H groups in total. The average Bonchev–Trinajstić information content (AvgIpc) is 2.20. The summed E-state index contributed by atoms with van der Waals surface area (Å²) in [5, 5.41) is 10.9. The van der Waals surface area contributed by atoms with Crippen molar-refractivity contribution in [1.29, 1.82) is 0 Å². The molecule has 1 heterocycles. The van der Waals surface area contributed by atoms with Gasteiger partial charge in [0.15, 0.2) is 0 Å². The van der Waals surface area contributed by atoms with Crippen molar-refractivity contribution >= 4 is 0 Å². The predicted molar refractivity (Wildman–Crippen MR) is 34.9 cm³/mol. The fourth-order valence-corrected chi connectivity index (χ4v) is 0.801. The van der Waals surface area contributed by atoms with Crippen LogP contribution in [0.15, 0.2) is 9.32 Å². The predicted octanol–water partition coefficient (Wildman–Crippen LogP) is -0.189. The second-order valence-corrected chi connectivity index (χ2v) is 2.07. The Balaban J connectivity index is 2.99. The lowest BCUT2D eigenvalue weighted by molar-refractivity contribution is 0.298. The van der Waals surface area contributed by atoms with Gasteiger partial charge in [-0.25, -0.2) is 9.95 Å².